The number of ether oxygens (including phenoxy) is 1. The highest BCUT2D eigenvalue weighted by atomic mass is 16.5. The van der Waals surface area contributed by atoms with Gasteiger partial charge in [0.1, 0.15) is 0 Å². The minimum atomic E-state index is 0.120. The second-order valence-corrected chi connectivity index (χ2v) is 2.59. The fourth-order valence-corrected chi connectivity index (χ4v) is 0.661. The standard InChI is InChI=1S/C6H11NO/c1-6(3-4-6)5(7)8-2/h7H,3-4H2,1-2H3. The maximum atomic E-state index is 7.23. The summed E-state index contributed by atoms with van der Waals surface area (Å²) in [4.78, 5) is 0. The molecule has 1 rings (SSSR count). The van der Waals surface area contributed by atoms with Crippen LogP contribution >= 0.6 is 0 Å². The zero-order chi connectivity index (χ0) is 6.20. The lowest BCUT2D eigenvalue weighted by molar-refractivity contribution is 0.361. The Bertz CT molecular complexity index is 116. The molecular formula is C6H11NO. The maximum Gasteiger partial charge on any atom is 0.186 e. The van der Waals surface area contributed by atoms with E-state index in [1.54, 1.807) is 7.11 Å². The quantitative estimate of drug-likeness (QED) is 0.404. The minimum Gasteiger partial charge on any atom is -0.484 e. The topological polar surface area (TPSA) is 33.1 Å². The predicted molar refractivity (Wildman–Crippen MR) is 32.1 cm³/mol. The van der Waals surface area contributed by atoms with E-state index >= 15 is 0 Å². The van der Waals surface area contributed by atoms with E-state index in [4.69, 9.17) is 10.1 Å². The molecule has 0 aromatic heterocycles. The Morgan fingerprint density at radius 3 is 2.25 bits per heavy atom. The monoisotopic (exact) mass is 113 g/mol. The SMILES string of the molecule is COC(=N)C1(C)CC1. The van der Waals surface area contributed by atoms with Gasteiger partial charge in [0.25, 0.3) is 0 Å². The fraction of sp³-hybridized carbons (Fsp3) is 0.833. The molecule has 1 fully saturated rings. The zero-order valence-electron chi connectivity index (χ0n) is 5.32. The van der Waals surface area contributed by atoms with Gasteiger partial charge in [0, 0.05) is 5.41 Å². The van der Waals surface area contributed by atoms with Crippen LogP contribution in [0.4, 0.5) is 0 Å². The Morgan fingerprint density at radius 1 is 1.62 bits per heavy atom. The summed E-state index contributed by atoms with van der Waals surface area (Å²) >= 11 is 0. The van der Waals surface area contributed by atoms with Gasteiger partial charge in [-0.2, -0.15) is 0 Å². The van der Waals surface area contributed by atoms with Crippen LogP contribution in [0.2, 0.25) is 0 Å². The van der Waals surface area contributed by atoms with Gasteiger partial charge in [-0.25, -0.2) is 0 Å². The third kappa shape index (κ3) is 0.703. The molecule has 0 spiro atoms. The summed E-state index contributed by atoms with van der Waals surface area (Å²) in [7, 11) is 1.56. The van der Waals surface area contributed by atoms with Gasteiger partial charge < -0.3 is 4.74 Å². The molecule has 1 aliphatic rings. The molecule has 0 atom stereocenters. The van der Waals surface area contributed by atoms with Crippen LogP contribution in [0.15, 0.2) is 0 Å². The largest absolute Gasteiger partial charge is 0.484 e. The van der Waals surface area contributed by atoms with Gasteiger partial charge in [-0.05, 0) is 12.8 Å². The van der Waals surface area contributed by atoms with Crippen LogP contribution < -0.4 is 0 Å². The summed E-state index contributed by atoms with van der Waals surface area (Å²) in [6.07, 6.45) is 2.25. The van der Waals surface area contributed by atoms with Crippen molar-refractivity contribution in [3.05, 3.63) is 0 Å². The molecule has 46 valence electrons. The average Bonchev–Trinajstić information content (AvgIpc) is 2.47. The molecule has 1 aliphatic carbocycles. The average molecular weight is 113 g/mol. The van der Waals surface area contributed by atoms with Crippen molar-refractivity contribution in [2.45, 2.75) is 19.8 Å². The summed E-state index contributed by atoms with van der Waals surface area (Å²) in [5, 5.41) is 7.23. The molecule has 0 radical (unpaired) electrons. The lowest BCUT2D eigenvalue weighted by Gasteiger charge is -2.06. The molecule has 2 heteroatoms. The lowest BCUT2D eigenvalue weighted by Crippen LogP contribution is -2.11. The summed E-state index contributed by atoms with van der Waals surface area (Å²) < 4.78 is 4.76. The number of rotatable bonds is 1. The minimum absolute atomic E-state index is 0.120. The first-order valence-corrected chi connectivity index (χ1v) is 2.82. The van der Waals surface area contributed by atoms with E-state index in [-0.39, 0.29) is 5.41 Å². The molecule has 1 saturated carbocycles. The van der Waals surface area contributed by atoms with Crippen molar-refractivity contribution >= 4 is 5.90 Å². The number of nitrogens with one attached hydrogen (secondary N) is 1. The van der Waals surface area contributed by atoms with Crippen molar-refractivity contribution in [2.24, 2.45) is 5.41 Å². The lowest BCUT2D eigenvalue weighted by atomic mass is 10.1. The second kappa shape index (κ2) is 1.47. The highest BCUT2D eigenvalue weighted by Crippen LogP contribution is 2.45. The fourth-order valence-electron chi connectivity index (χ4n) is 0.661. The van der Waals surface area contributed by atoms with E-state index in [9.17, 15) is 0 Å². The van der Waals surface area contributed by atoms with Crippen molar-refractivity contribution in [3.63, 3.8) is 0 Å². The molecule has 2 nitrogen and oxygen atoms in total. The van der Waals surface area contributed by atoms with Crippen molar-refractivity contribution in [1.82, 2.24) is 0 Å². The van der Waals surface area contributed by atoms with Gasteiger partial charge in [-0.15, -0.1) is 0 Å². The number of methoxy groups -OCH3 is 1. The second-order valence-electron chi connectivity index (χ2n) is 2.59. The first kappa shape index (κ1) is 5.60. The van der Waals surface area contributed by atoms with Gasteiger partial charge in [-0.3, -0.25) is 5.41 Å². The summed E-state index contributed by atoms with van der Waals surface area (Å²) in [6.45, 7) is 2.05. The molecule has 0 aliphatic heterocycles. The summed E-state index contributed by atoms with van der Waals surface area (Å²) in [5.41, 5.74) is 0.120. The molecule has 0 saturated heterocycles. The Balaban J connectivity index is 2.46. The summed E-state index contributed by atoms with van der Waals surface area (Å²) in [6, 6.07) is 0. The first-order chi connectivity index (χ1) is 3.69. The van der Waals surface area contributed by atoms with Crippen molar-refractivity contribution in [1.29, 1.82) is 5.41 Å². The van der Waals surface area contributed by atoms with E-state index in [2.05, 4.69) is 6.92 Å². The molecular weight excluding hydrogens is 102 g/mol. The van der Waals surface area contributed by atoms with E-state index in [0.29, 0.717) is 5.90 Å². The van der Waals surface area contributed by atoms with Gasteiger partial charge in [0.2, 0.25) is 0 Å². The molecule has 8 heavy (non-hydrogen) atoms. The molecule has 1 N–H and O–H groups in total. The van der Waals surface area contributed by atoms with Crippen LogP contribution in [-0.2, 0) is 4.74 Å². The molecule has 0 unspecified atom stereocenters. The van der Waals surface area contributed by atoms with Gasteiger partial charge in [0.05, 0.1) is 7.11 Å². The van der Waals surface area contributed by atoms with Gasteiger partial charge >= 0.3 is 0 Å². The smallest absolute Gasteiger partial charge is 0.186 e. The highest BCUT2D eigenvalue weighted by molar-refractivity contribution is 5.81. The molecule has 0 aromatic carbocycles. The number of hydrogen-bond donors (Lipinski definition) is 1. The maximum absolute atomic E-state index is 7.23. The molecule has 0 bridgehead atoms. The molecule has 0 aromatic rings. The Hall–Kier alpha value is -0.530. The number of hydrogen-bond acceptors (Lipinski definition) is 2. The van der Waals surface area contributed by atoms with Crippen LogP contribution in [0, 0.1) is 10.8 Å². The van der Waals surface area contributed by atoms with Gasteiger partial charge in [0.15, 0.2) is 5.90 Å². The van der Waals surface area contributed by atoms with E-state index < -0.39 is 0 Å². The van der Waals surface area contributed by atoms with E-state index in [1.165, 1.54) is 0 Å². The van der Waals surface area contributed by atoms with Crippen LogP contribution in [0.25, 0.3) is 0 Å². The summed E-state index contributed by atoms with van der Waals surface area (Å²) in [5.74, 6) is 0.442. The molecule has 0 amide bonds. The van der Waals surface area contributed by atoms with E-state index in [1.807, 2.05) is 0 Å². The van der Waals surface area contributed by atoms with Crippen LogP contribution in [0.3, 0.4) is 0 Å². The Labute approximate surface area is 49.4 Å². The predicted octanol–water partition coefficient (Wildman–Crippen LogP) is 1.41. The van der Waals surface area contributed by atoms with Crippen molar-refractivity contribution in [3.8, 4) is 0 Å². The normalized spacial score (nSPS) is 22.2. The third-order valence-corrected chi connectivity index (χ3v) is 1.75. The van der Waals surface area contributed by atoms with Crippen LogP contribution in [0.1, 0.15) is 19.8 Å². The van der Waals surface area contributed by atoms with Crippen molar-refractivity contribution < 1.29 is 4.74 Å². The van der Waals surface area contributed by atoms with Crippen LogP contribution in [0.5, 0.6) is 0 Å². The van der Waals surface area contributed by atoms with E-state index in [0.717, 1.165) is 12.8 Å². The molecule has 0 heterocycles. The van der Waals surface area contributed by atoms with Crippen LogP contribution in [-0.4, -0.2) is 13.0 Å². The van der Waals surface area contributed by atoms with Gasteiger partial charge in [-0.1, -0.05) is 6.92 Å². The highest BCUT2D eigenvalue weighted by Gasteiger charge is 2.43. The third-order valence-electron chi connectivity index (χ3n) is 1.75. The Kier molecular flexibility index (Phi) is 1.03. The Morgan fingerprint density at radius 2 is 2.12 bits per heavy atom. The van der Waals surface area contributed by atoms with Crippen molar-refractivity contribution in [2.75, 3.05) is 7.11 Å². The first-order valence-electron chi connectivity index (χ1n) is 2.82. The zero-order valence-corrected chi connectivity index (χ0v) is 5.32.